The van der Waals surface area contributed by atoms with E-state index < -0.39 is 0 Å². The van der Waals surface area contributed by atoms with E-state index in [1.165, 1.54) is 12.1 Å². The van der Waals surface area contributed by atoms with Crippen LogP contribution in [-0.4, -0.2) is 46.2 Å². The van der Waals surface area contributed by atoms with Gasteiger partial charge in [-0.05, 0) is 56.3 Å². The highest BCUT2D eigenvalue weighted by molar-refractivity contribution is 6.01. The zero-order valence-electron chi connectivity index (χ0n) is 18.3. The number of hydrogen-bond acceptors (Lipinski definition) is 4. The molecule has 1 aliphatic rings. The predicted molar refractivity (Wildman–Crippen MR) is 118 cm³/mol. The van der Waals surface area contributed by atoms with Crippen molar-refractivity contribution < 1.29 is 18.7 Å². The van der Waals surface area contributed by atoms with Gasteiger partial charge in [-0.2, -0.15) is 5.10 Å². The Morgan fingerprint density at radius 1 is 1.16 bits per heavy atom. The summed E-state index contributed by atoms with van der Waals surface area (Å²) in [7, 11) is 1.55. The minimum absolute atomic E-state index is 0.116. The van der Waals surface area contributed by atoms with Crippen LogP contribution in [0.3, 0.4) is 0 Å². The number of amides is 2. The highest BCUT2D eigenvalue weighted by atomic mass is 19.1. The maximum Gasteiger partial charge on any atom is 0.257 e. The van der Waals surface area contributed by atoms with Gasteiger partial charge in [0.1, 0.15) is 11.6 Å². The van der Waals surface area contributed by atoms with Crippen LogP contribution >= 0.6 is 0 Å². The molecule has 2 heterocycles. The molecule has 0 fully saturated rings. The van der Waals surface area contributed by atoms with Crippen LogP contribution in [-0.2, 0) is 13.0 Å². The summed E-state index contributed by atoms with van der Waals surface area (Å²) in [5, 5.41) is 7.18. The molecule has 2 aromatic carbocycles. The number of ether oxygens (including phenoxy) is 1. The summed E-state index contributed by atoms with van der Waals surface area (Å²) in [5.41, 5.74) is 3.35. The van der Waals surface area contributed by atoms with Crippen molar-refractivity contribution in [1.82, 2.24) is 20.0 Å². The molecule has 0 spiro atoms. The highest BCUT2D eigenvalue weighted by Gasteiger charge is 2.27. The summed E-state index contributed by atoms with van der Waals surface area (Å²) in [5.74, 6) is -0.324. The molecule has 0 bridgehead atoms. The molecule has 0 saturated carbocycles. The standard InChI is InChI=1S/C24H25FN4O3/c1-15(2)32-22-9-4-16(23(30)26-3)12-20(22)24(31)28-11-10-21-17(13-28)14-29(27-21)19-7-5-18(25)6-8-19/h4-9,12,14-15H,10-11,13H2,1-3H3,(H,26,30). The summed E-state index contributed by atoms with van der Waals surface area (Å²) in [4.78, 5) is 27.3. The Morgan fingerprint density at radius 2 is 1.91 bits per heavy atom. The van der Waals surface area contributed by atoms with Crippen molar-refractivity contribution in [3.63, 3.8) is 0 Å². The second kappa shape index (κ2) is 8.82. The molecule has 2 amide bonds. The SMILES string of the molecule is CNC(=O)c1ccc(OC(C)C)c(C(=O)N2CCc3nn(-c4ccc(F)cc4)cc3C2)c1. The van der Waals surface area contributed by atoms with Gasteiger partial charge in [-0.1, -0.05) is 0 Å². The smallest absolute Gasteiger partial charge is 0.257 e. The van der Waals surface area contributed by atoms with Gasteiger partial charge in [-0.25, -0.2) is 9.07 Å². The van der Waals surface area contributed by atoms with Crippen molar-refractivity contribution in [2.24, 2.45) is 0 Å². The lowest BCUT2D eigenvalue weighted by atomic mass is 10.0. The van der Waals surface area contributed by atoms with Crippen molar-refractivity contribution in [2.75, 3.05) is 13.6 Å². The first-order valence-corrected chi connectivity index (χ1v) is 10.5. The number of nitrogens with zero attached hydrogens (tertiary/aromatic N) is 3. The minimum Gasteiger partial charge on any atom is -0.490 e. The van der Waals surface area contributed by atoms with E-state index in [0.717, 1.165) is 16.9 Å². The summed E-state index contributed by atoms with van der Waals surface area (Å²) < 4.78 is 20.8. The van der Waals surface area contributed by atoms with Crippen LogP contribution in [0.2, 0.25) is 0 Å². The summed E-state index contributed by atoms with van der Waals surface area (Å²) in [6.45, 7) is 4.66. The van der Waals surface area contributed by atoms with Crippen molar-refractivity contribution in [2.45, 2.75) is 32.9 Å². The Labute approximate surface area is 185 Å². The number of benzene rings is 2. The van der Waals surface area contributed by atoms with Crippen LogP contribution in [0.1, 0.15) is 45.8 Å². The monoisotopic (exact) mass is 436 g/mol. The van der Waals surface area contributed by atoms with Gasteiger partial charge in [0.2, 0.25) is 0 Å². The number of aromatic nitrogens is 2. The van der Waals surface area contributed by atoms with Gasteiger partial charge in [0, 0.05) is 43.9 Å². The van der Waals surface area contributed by atoms with Gasteiger partial charge in [0.05, 0.1) is 23.0 Å². The third-order valence-electron chi connectivity index (χ3n) is 5.30. The lowest BCUT2D eigenvalue weighted by Crippen LogP contribution is -2.36. The molecule has 8 heteroatoms. The van der Waals surface area contributed by atoms with Gasteiger partial charge in [0.15, 0.2) is 0 Å². The average molecular weight is 436 g/mol. The normalized spacial score (nSPS) is 13.1. The number of carbonyl (C=O) groups excluding carboxylic acids is 2. The molecular formula is C24H25FN4O3. The van der Waals surface area contributed by atoms with E-state index in [1.54, 1.807) is 47.0 Å². The zero-order valence-corrected chi connectivity index (χ0v) is 18.3. The van der Waals surface area contributed by atoms with Crippen LogP contribution in [0.15, 0.2) is 48.7 Å². The molecule has 1 N–H and O–H groups in total. The summed E-state index contributed by atoms with van der Waals surface area (Å²) >= 11 is 0. The lowest BCUT2D eigenvalue weighted by Gasteiger charge is -2.27. The Kier molecular flexibility index (Phi) is 5.94. The van der Waals surface area contributed by atoms with Gasteiger partial charge in [-0.3, -0.25) is 9.59 Å². The first kappa shape index (κ1) is 21.5. The fourth-order valence-electron chi connectivity index (χ4n) is 3.72. The molecule has 0 aliphatic carbocycles. The predicted octanol–water partition coefficient (Wildman–Crippen LogP) is 3.36. The number of halogens is 1. The Hall–Kier alpha value is -3.68. The van der Waals surface area contributed by atoms with Crippen LogP contribution < -0.4 is 10.1 Å². The minimum atomic E-state index is -0.305. The van der Waals surface area contributed by atoms with Gasteiger partial charge in [-0.15, -0.1) is 0 Å². The van der Waals surface area contributed by atoms with Crippen molar-refractivity contribution in [3.05, 3.63) is 76.9 Å². The fourth-order valence-corrected chi connectivity index (χ4v) is 3.72. The van der Waals surface area contributed by atoms with E-state index in [4.69, 9.17) is 4.74 Å². The number of fused-ring (bicyclic) bond motifs is 1. The van der Waals surface area contributed by atoms with Gasteiger partial charge >= 0.3 is 0 Å². The largest absolute Gasteiger partial charge is 0.490 e. The van der Waals surface area contributed by atoms with Crippen LogP contribution in [0.25, 0.3) is 5.69 Å². The highest BCUT2D eigenvalue weighted by Crippen LogP contribution is 2.27. The zero-order chi connectivity index (χ0) is 22.8. The topological polar surface area (TPSA) is 76.5 Å². The quantitative estimate of drug-likeness (QED) is 0.666. The van der Waals surface area contributed by atoms with Crippen LogP contribution in [0, 0.1) is 5.82 Å². The summed E-state index contributed by atoms with van der Waals surface area (Å²) in [6, 6.07) is 11.0. The second-order valence-electron chi connectivity index (χ2n) is 7.96. The number of hydrogen-bond donors (Lipinski definition) is 1. The molecule has 7 nitrogen and oxygen atoms in total. The van der Waals surface area contributed by atoms with E-state index in [9.17, 15) is 14.0 Å². The first-order chi connectivity index (χ1) is 15.4. The van der Waals surface area contributed by atoms with E-state index in [2.05, 4.69) is 10.4 Å². The molecule has 0 radical (unpaired) electrons. The van der Waals surface area contributed by atoms with Crippen molar-refractivity contribution in [3.8, 4) is 11.4 Å². The third kappa shape index (κ3) is 4.34. The Morgan fingerprint density at radius 3 is 2.59 bits per heavy atom. The summed E-state index contributed by atoms with van der Waals surface area (Å²) in [6.07, 6.45) is 2.36. The molecule has 4 rings (SSSR count). The molecule has 3 aromatic rings. The number of carbonyl (C=O) groups is 2. The molecule has 166 valence electrons. The Balaban J connectivity index is 1.61. The molecule has 0 atom stereocenters. The number of rotatable bonds is 5. The van der Waals surface area contributed by atoms with E-state index in [0.29, 0.717) is 36.4 Å². The second-order valence-corrected chi connectivity index (χ2v) is 7.96. The maximum absolute atomic E-state index is 13.4. The molecule has 0 saturated heterocycles. The molecule has 1 aromatic heterocycles. The maximum atomic E-state index is 13.4. The van der Waals surface area contributed by atoms with E-state index >= 15 is 0 Å². The molecule has 0 unspecified atom stereocenters. The van der Waals surface area contributed by atoms with E-state index in [-0.39, 0.29) is 23.7 Å². The van der Waals surface area contributed by atoms with E-state index in [1.807, 2.05) is 20.0 Å². The van der Waals surface area contributed by atoms with Crippen LogP contribution in [0.4, 0.5) is 4.39 Å². The van der Waals surface area contributed by atoms with Gasteiger partial charge in [0.25, 0.3) is 11.8 Å². The number of nitrogens with one attached hydrogen (secondary N) is 1. The molecule has 1 aliphatic heterocycles. The Bertz CT molecular complexity index is 1150. The molecule has 32 heavy (non-hydrogen) atoms. The fraction of sp³-hybridized carbons (Fsp3) is 0.292. The van der Waals surface area contributed by atoms with Crippen LogP contribution in [0.5, 0.6) is 5.75 Å². The van der Waals surface area contributed by atoms with Crippen molar-refractivity contribution in [1.29, 1.82) is 0 Å². The first-order valence-electron chi connectivity index (χ1n) is 10.5. The third-order valence-corrected chi connectivity index (χ3v) is 5.30. The average Bonchev–Trinajstić information content (AvgIpc) is 3.21. The van der Waals surface area contributed by atoms with Crippen molar-refractivity contribution >= 4 is 11.8 Å². The van der Waals surface area contributed by atoms with Gasteiger partial charge < -0.3 is 15.0 Å². The molecular weight excluding hydrogens is 411 g/mol. The lowest BCUT2D eigenvalue weighted by molar-refractivity contribution is 0.0728.